The molecule has 2 nitrogen and oxygen atoms in total. The van der Waals surface area contributed by atoms with Crippen LogP contribution in [0, 0.1) is 5.92 Å². The fraction of sp³-hybridized carbons (Fsp3) is 0.316. The van der Waals surface area contributed by atoms with Crippen molar-refractivity contribution in [3.63, 3.8) is 0 Å². The molecule has 21 heavy (non-hydrogen) atoms. The third kappa shape index (κ3) is 4.45. The molecule has 0 heterocycles. The normalized spacial score (nSPS) is 11.9. The molecule has 0 saturated heterocycles. The summed E-state index contributed by atoms with van der Waals surface area (Å²) < 4.78 is 0. The molecule has 1 amide bonds. The molecule has 0 bridgehead atoms. The number of hydrogen-bond acceptors (Lipinski definition) is 1. The molecule has 0 radical (unpaired) electrons. The summed E-state index contributed by atoms with van der Waals surface area (Å²) in [6.07, 6.45) is 0.874. The van der Waals surface area contributed by atoms with Crippen molar-refractivity contribution >= 4 is 5.91 Å². The molecule has 1 unspecified atom stereocenters. The van der Waals surface area contributed by atoms with Crippen molar-refractivity contribution in [2.45, 2.75) is 33.4 Å². The molecule has 0 spiro atoms. The summed E-state index contributed by atoms with van der Waals surface area (Å²) in [5, 5.41) is 0. The predicted molar refractivity (Wildman–Crippen MR) is 86.6 cm³/mol. The molecule has 110 valence electrons. The van der Waals surface area contributed by atoms with Crippen LogP contribution in [0.3, 0.4) is 0 Å². The minimum absolute atomic E-state index is 0.0671. The van der Waals surface area contributed by atoms with E-state index in [0.29, 0.717) is 13.1 Å². The van der Waals surface area contributed by atoms with Crippen LogP contribution in [0.1, 0.15) is 31.4 Å². The predicted octanol–water partition coefficient (Wildman–Crippen LogP) is 4.26. The summed E-state index contributed by atoms with van der Waals surface area (Å²) in [5.74, 6) is 0.294. The van der Waals surface area contributed by atoms with Crippen molar-refractivity contribution in [3.05, 3.63) is 71.8 Å². The third-order valence-corrected chi connectivity index (χ3v) is 3.78. The van der Waals surface area contributed by atoms with Gasteiger partial charge in [-0.2, -0.15) is 0 Å². The standard InChI is InChI=1S/C19H23NO/c1-3-16(2)19(21)20(14-17-10-6-4-7-11-17)15-18-12-8-5-9-13-18/h4-13,16H,3,14-15H2,1-2H3. The van der Waals surface area contributed by atoms with Crippen LogP contribution in [0.25, 0.3) is 0 Å². The zero-order valence-corrected chi connectivity index (χ0v) is 12.8. The topological polar surface area (TPSA) is 20.3 Å². The van der Waals surface area contributed by atoms with Crippen LogP contribution in [0.4, 0.5) is 0 Å². The Balaban J connectivity index is 2.16. The summed E-state index contributed by atoms with van der Waals surface area (Å²) in [7, 11) is 0. The van der Waals surface area contributed by atoms with Crippen LogP contribution in [-0.4, -0.2) is 10.8 Å². The Morgan fingerprint density at radius 2 is 1.33 bits per heavy atom. The van der Waals surface area contributed by atoms with Gasteiger partial charge in [0.25, 0.3) is 0 Å². The summed E-state index contributed by atoms with van der Waals surface area (Å²) in [6, 6.07) is 20.4. The molecule has 2 aromatic carbocycles. The molecule has 0 aliphatic carbocycles. The maximum atomic E-state index is 12.6. The van der Waals surface area contributed by atoms with Gasteiger partial charge in [-0.25, -0.2) is 0 Å². The first-order valence-corrected chi connectivity index (χ1v) is 7.57. The molecule has 2 heteroatoms. The number of hydrogen-bond donors (Lipinski definition) is 0. The summed E-state index contributed by atoms with van der Waals surface area (Å²) in [6.45, 7) is 5.40. The Morgan fingerprint density at radius 1 is 0.905 bits per heavy atom. The smallest absolute Gasteiger partial charge is 0.225 e. The minimum Gasteiger partial charge on any atom is -0.334 e. The largest absolute Gasteiger partial charge is 0.334 e. The monoisotopic (exact) mass is 281 g/mol. The maximum absolute atomic E-state index is 12.6. The third-order valence-electron chi connectivity index (χ3n) is 3.78. The van der Waals surface area contributed by atoms with Crippen LogP contribution in [0.15, 0.2) is 60.7 Å². The Labute approximate surface area is 127 Å². The number of carbonyl (C=O) groups excluding carboxylic acids is 1. The van der Waals surface area contributed by atoms with Crippen molar-refractivity contribution in [1.82, 2.24) is 4.90 Å². The van der Waals surface area contributed by atoms with Gasteiger partial charge in [-0.05, 0) is 17.5 Å². The van der Waals surface area contributed by atoms with Crippen LogP contribution in [-0.2, 0) is 17.9 Å². The van der Waals surface area contributed by atoms with Gasteiger partial charge < -0.3 is 4.90 Å². The highest BCUT2D eigenvalue weighted by atomic mass is 16.2. The number of amides is 1. The van der Waals surface area contributed by atoms with Gasteiger partial charge in [0.05, 0.1) is 0 Å². The fourth-order valence-corrected chi connectivity index (χ4v) is 2.31. The number of carbonyl (C=O) groups is 1. The first-order valence-electron chi connectivity index (χ1n) is 7.57. The van der Waals surface area contributed by atoms with Crippen LogP contribution < -0.4 is 0 Å². The lowest BCUT2D eigenvalue weighted by molar-refractivity contribution is -0.136. The van der Waals surface area contributed by atoms with Crippen molar-refractivity contribution in [2.75, 3.05) is 0 Å². The molecule has 0 saturated carbocycles. The lowest BCUT2D eigenvalue weighted by Gasteiger charge is -2.26. The van der Waals surface area contributed by atoms with Gasteiger partial charge >= 0.3 is 0 Å². The van der Waals surface area contributed by atoms with E-state index in [2.05, 4.69) is 31.2 Å². The van der Waals surface area contributed by atoms with Crippen molar-refractivity contribution in [2.24, 2.45) is 5.92 Å². The van der Waals surface area contributed by atoms with Gasteiger partial charge in [-0.15, -0.1) is 0 Å². The van der Waals surface area contributed by atoms with E-state index in [1.165, 1.54) is 11.1 Å². The molecular formula is C19H23NO. The van der Waals surface area contributed by atoms with E-state index in [1.807, 2.05) is 48.2 Å². The highest BCUT2D eigenvalue weighted by Gasteiger charge is 2.19. The zero-order chi connectivity index (χ0) is 15.1. The van der Waals surface area contributed by atoms with Crippen LogP contribution in [0.5, 0.6) is 0 Å². The summed E-state index contributed by atoms with van der Waals surface area (Å²) in [5.41, 5.74) is 2.34. The second-order valence-electron chi connectivity index (χ2n) is 5.47. The second kappa shape index (κ2) is 7.63. The quantitative estimate of drug-likeness (QED) is 0.774. The first kappa shape index (κ1) is 15.3. The molecule has 0 N–H and O–H groups in total. The Bertz CT molecular complexity index is 509. The van der Waals surface area contributed by atoms with Crippen molar-refractivity contribution in [1.29, 1.82) is 0 Å². The Kier molecular flexibility index (Phi) is 5.56. The van der Waals surface area contributed by atoms with Crippen LogP contribution >= 0.6 is 0 Å². The zero-order valence-electron chi connectivity index (χ0n) is 12.8. The Morgan fingerprint density at radius 3 is 1.71 bits per heavy atom. The lowest BCUT2D eigenvalue weighted by atomic mass is 10.1. The fourth-order valence-electron chi connectivity index (χ4n) is 2.31. The van der Waals surface area contributed by atoms with Crippen LogP contribution in [0.2, 0.25) is 0 Å². The number of benzene rings is 2. The van der Waals surface area contributed by atoms with E-state index in [-0.39, 0.29) is 11.8 Å². The van der Waals surface area contributed by atoms with Crippen molar-refractivity contribution in [3.8, 4) is 0 Å². The average Bonchev–Trinajstić information content (AvgIpc) is 2.54. The van der Waals surface area contributed by atoms with Crippen molar-refractivity contribution < 1.29 is 4.79 Å². The van der Waals surface area contributed by atoms with Gasteiger partial charge in [0, 0.05) is 19.0 Å². The molecule has 0 aromatic heterocycles. The number of rotatable bonds is 6. The first-order chi connectivity index (χ1) is 10.2. The molecule has 0 aliphatic rings. The molecular weight excluding hydrogens is 258 g/mol. The van der Waals surface area contributed by atoms with E-state index in [0.717, 1.165) is 6.42 Å². The Hall–Kier alpha value is -2.09. The van der Waals surface area contributed by atoms with E-state index >= 15 is 0 Å². The average molecular weight is 281 g/mol. The SMILES string of the molecule is CCC(C)C(=O)N(Cc1ccccc1)Cc1ccccc1. The van der Waals surface area contributed by atoms with E-state index in [4.69, 9.17) is 0 Å². The molecule has 0 aliphatic heterocycles. The van der Waals surface area contributed by atoms with Gasteiger partial charge in [0.1, 0.15) is 0 Å². The summed E-state index contributed by atoms with van der Waals surface area (Å²) >= 11 is 0. The highest BCUT2D eigenvalue weighted by molar-refractivity contribution is 5.78. The van der Waals surface area contributed by atoms with E-state index < -0.39 is 0 Å². The molecule has 0 fully saturated rings. The maximum Gasteiger partial charge on any atom is 0.225 e. The molecule has 1 atom stereocenters. The van der Waals surface area contributed by atoms with Gasteiger partial charge in [-0.3, -0.25) is 4.79 Å². The molecule has 2 aromatic rings. The highest BCUT2D eigenvalue weighted by Crippen LogP contribution is 2.15. The molecule has 2 rings (SSSR count). The lowest BCUT2D eigenvalue weighted by Crippen LogP contribution is -2.34. The van der Waals surface area contributed by atoms with E-state index in [1.54, 1.807) is 0 Å². The number of nitrogens with zero attached hydrogens (tertiary/aromatic N) is 1. The summed E-state index contributed by atoms with van der Waals surface area (Å²) in [4.78, 5) is 14.6. The second-order valence-corrected chi connectivity index (χ2v) is 5.47. The minimum atomic E-state index is 0.0671. The van der Waals surface area contributed by atoms with Gasteiger partial charge in [0.15, 0.2) is 0 Å². The van der Waals surface area contributed by atoms with Gasteiger partial charge in [-0.1, -0.05) is 74.5 Å². The van der Waals surface area contributed by atoms with E-state index in [9.17, 15) is 4.79 Å². The van der Waals surface area contributed by atoms with Gasteiger partial charge in [0.2, 0.25) is 5.91 Å².